The average molecular weight is 429 g/mol. The number of rotatable bonds is 10. The minimum atomic E-state index is -0.460. The highest BCUT2D eigenvalue weighted by molar-refractivity contribution is 6.32. The molecule has 0 spiro atoms. The van der Waals surface area contributed by atoms with E-state index in [0.717, 1.165) is 22.3 Å². The van der Waals surface area contributed by atoms with E-state index in [1.54, 1.807) is 12.1 Å². The molecule has 158 valence electrons. The van der Waals surface area contributed by atoms with Crippen LogP contribution >= 0.6 is 11.6 Å². The fraction of sp³-hybridized carbons (Fsp3) is 0.280. The van der Waals surface area contributed by atoms with Gasteiger partial charge in [-0.25, -0.2) is 4.39 Å². The highest BCUT2D eigenvalue weighted by Crippen LogP contribution is 2.38. The summed E-state index contributed by atoms with van der Waals surface area (Å²) in [5, 5.41) is 0.514. The number of hydrogen-bond donors (Lipinski definition) is 0. The zero-order valence-corrected chi connectivity index (χ0v) is 18.0. The summed E-state index contributed by atoms with van der Waals surface area (Å²) in [6.07, 6.45) is 0.180. The number of hydrogen-bond acceptors (Lipinski definition) is 3. The van der Waals surface area contributed by atoms with Crippen LogP contribution in [0.1, 0.15) is 25.0 Å². The largest absolute Gasteiger partial charge is 0.486 e. The van der Waals surface area contributed by atoms with E-state index in [0.29, 0.717) is 30.4 Å². The maximum atomic E-state index is 13.2. The molecule has 0 atom stereocenters. The lowest BCUT2D eigenvalue weighted by Crippen LogP contribution is -2.25. The van der Waals surface area contributed by atoms with Gasteiger partial charge in [0.2, 0.25) is 0 Å². The van der Waals surface area contributed by atoms with Crippen LogP contribution in [0.4, 0.5) is 4.39 Å². The molecule has 0 aliphatic heterocycles. The Bertz CT molecular complexity index is 923. The van der Waals surface area contributed by atoms with Crippen molar-refractivity contribution < 1.29 is 18.6 Å². The highest BCUT2D eigenvalue weighted by atomic mass is 35.5. The fourth-order valence-corrected chi connectivity index (χ4v) is 3.53. The maximum Gasteiger partial charge on any atom is 0.191 e. The molecule has 3 rings (SSSR count). The molecule has 30 heavy (non-hydrogen) atoms. The van der Waals surface area contributed by atoms with Crippen molar-refractivity contribution in [1.82, 2.24) is 0 Å². The van der Waals surface area contributed by atoms with Crippen molar-refractivity contribution in [2.45, 2.75) is 26.6 Å². The van der Waals surface area contributed by atoms with Crippen LogP contribution in [0.15, 0.2) is 66.7 Å². The smallest absolute Gasteiger partial charge is 0.191 e. The monoisotopic (exact) mass is 428 g/mol. The van der Waals surface area contributed by atoms with E-state index in [9.17, 15) is 4.39 Å². The molecule has 0 bridgehead atoms. The van der Waals surface area contributed by atoms with Crippen molar-refractivity contribution in [3.63, 3.8) is 0 Å². The third kappa shape index (κ3) is 6.05. The summed E-state index contributed by atoms with van der Waals surface area (Å²) in [7, 11) is 0. The predicted octanol–water partition coefficient (Wildman–Crippen LogP) is 6.51. The van der Waals surface area contributed by atoms with E-state index >= 15 is 0 Å². The first kappa shape index (κ1) is 22.3. The molecule has 3 nitrogen and oxygen atoms in total. The Morgan fingerprint density at radius 1 is 0.867 bits per heavy atom. The zero-order chi connectivity index (χ0) is 21.3. The molecule has 0 heterocycles. The molecule has 0 aliphatic carbocycles. The molecule has 3 aromatic carbocycles. The second kappa shape index (κ2) is 11.1. The van der Waals surface area contributed by atoms with Crippen molar-refractivity contribution in [1.29, 1.82) is 0 Å². The molecule has 0 unspecified atom stereocenters. The summed E-state index contributed by atoms with van der Waals surface area (Å²) >= 11 is 6.65. The summed E-state index contributed by atoms with van der Waals surface area (Å²) in [6, 6.07) is 20.4. The quantitative estimate of drug-likeness (QED) is 0.344. The summed E-state index contributed by atoms with van der Waals surface area (Å²) < 4.78 is 30.5. The van der Waals surface area contributed by atoms with Gasteiger partial charge >= 0.3 is 0 Å². The zero-order valence-electron chi connectivity index (χ0n) is 17.2. The molecule has 0 radical (unpaired) electrons. The summed E-state index contributed by atoms with van der Waals surface area (Å²) in [4.78, 5) is 0. The first-order chi connectivity index (χ1) is 14.6. The predicted molar refractivity (Wildman–Crippen MR) is 119 cm³/mol. The van der Waals surface area contributed by atoms with E-state index < -0.39 is 6.29 Å². The minimum Gasteiger partial charge on any atom is -0.486 e. The Hall–Kier alpha value is -2.40. The van der Waals surface area contributed by atoms with E-state index in [1.165, 1.54) is 12.1 Å². The van der Waals surface area contributed by atoms with Gasteiger partial charge in [-0.2, -0.15) is 0 Å². The van der Waals surface area contributed by atoms with E-state index in [4.69, 9.17) is 25.8 Å². The molecule has 0 aromatic heterocycles. The van der Waals surface area contributed by atoms with E-state index in [-0.39, 0.29) is 12.4 Å². The lowest BCUT2D eigenvalue weighted by atomic mass is 9.98. The molecule has 0 fully saturated rings. The molecule has 3 aromatic rings. The molecule has 0 amide bonds. The van der Waals surface area contributed by atoms with Gasteiger partial charge in [-0.05, 0) is 61.2 Å². The summed E-state index contributed by atoms with van der Waals surface area (Å²) in [5.41, 5.74) is 3.92. The van der Waals surface area contributed by atoms with Crippen LogP contribution in [0.2, 0.25) is 5.02 Å². The lowest BCUT2D eigenvalue weighted by Gasteiger charge is -2.20. The van der Waals surface area contributed by atoms with Crippen molar-refractivity contribution in [3.05, 3.63) is 88.7 Å². The van der Waals surface area contributed by atoms with Crippen LogP contribution in [-0.4, -0.2) is 26.1 Å². The van der Waals surface area contributed by atoms with Gasteiger partial charge < -0.3 is 14.2 Å². The molecule has 0 N–H and O–H groups in total. The van der Waals surface area contributed by atoms with Gasteiger partial charge in [0.05, 0.1) is 5.02 Å². The third-order valence-corrected chi connectivity index (χ3v) is 4.86. The van der Waals surface area contributed by atoms with Crippen molar-refractivity contribution in [2.75, 3.05) is 19.8 Å². The number of benzene rings is 3. The number of halogens is 2. The Morgan fingerprint density at radius 2 is 1.53 bits per heavy atom. The highest BCUT2D eigenvalue weighted by Gasteiger charge is 2.16. The van der Waals surface area contributed by atoms with Gasteiger partial charge in [-0.1, -0.05) is 54.1 Å². The van der Waals surface area contributed by atoms with E-state index in [2.05, 4.69) is 6.07 Å². The van der Waals surface area contributed by atoms with Gasteiger partial charge in [0, 0.05) is 18.8 Å². The summed E-state index contributed by atoms with van der Waals surface area (Å²) in [6.45, 7) is 5.13. The molecule has 0 saturated heterocycles. The Kier molecular flexibility index (Phi) is 8.26. The van der Waals surface area contributed by atoms with Crippen molar-refractivity contribution in [3.8, 4) is 16.9 Å². The molecular formula is C25H26ClFO3. The third-order valence-electron chi connectivity index (χ3n) is 4.58. The molecule has 5 heteroatoms. The lowest BCUT2D eigenvalue weighted by molar-refractivity contribution is -0.152. The Morgan fingerprint density at radius 3 is 2.17 bits per heavy atom. The standard InChI is InChI=1S/C25H26ClFO3/c1-3-28-24(29-4-2)17-30-25-22(20-8-6-5-7-9-20)15-19(16-23(25)26)14-18-10-12-21(27)13-11-18/h5-13,15-16,24H,3-4,14,17H2,1-2H3. The van der Waals surface area contributed by atoms with Gasteiger partial charge in [0.15, 0.2) is 6.29 Å². The van der Waals surface area contributed by atoms with Crippen molar-refractivity contribution >= 4 is 11.6 Å². The molecule has 0 aliphatic rings. The average Bonchev–Trinajstić information content (AvgIpc) is 2.75. The fourth-order valence-electron chi connectivity index (χ4n) is 3.24. The van der Waals surface area contributed by atoms with Gasteiger partial charge in [0.1, 0.15) is 18.2 Å². The molecule has 0 saturated carbocycles. The topological polar surface area (TPSA) is 27.7 Å². The minimum absolute atomic E-state index is 0.235. The Balaban J connectivity index is 1.92. The SMILES string of the molecule is CCOC(COc1c(Cl)cc(Cc2ccc(F)cc2)cc1-c1ccccc1)OCC. The molecular weight excluding hydrogens is 403 g/mol. The first-order valence-corrected chi connectivity index (χ1v) is 10.5. The first-order valence-electron chi connectivity index (χ1n) is 10.1. The Labute approximate surface area is 182 Å². The van der Waals surface area contributed by atoms with Crippen LogP contribution in [0.25, 0.3) is 11.1 Å². The van der Waals surface area contributed by atoms with Crippen LogP contribution < -0.4 is 4.74 Å². The van der Waals surface area contributed by atoms with Gasteiger partial charge in [0.25, 0.3) is 0 Å². The van der Waals surface area contributed by atoms with Crippen LogP contribution in [0.3, 0.4) is 0 Å². The van der Waals surface area contributed by atoms with Crippen molar-refractivity contribution in [2.24, 2.45) is 0 Å². The normalized spacial score (nSPS) is 11.1. The van der Waals surface area contributed by atoms with Crippen LogP contribution in [0.5, 0.6) is 5.75 Å². The number of ether oxygens (including phenoxy) is 3. The van der Waals surface area contributed by atoms with Gasteiger partial charge in [-0.15, -0.1) is 0 Å². The van der Waals surface area contributed by atoms with E-state index in [1.807, 2.05) is 50.2 Å². The van der Waals surface area contributed by atoms with Gasteiger partial charge in [-0.3, -0.25) is 0 Å². The maximum absolute atomic E-state index is 13.2. The van der Waals surface area contributed by atoms with Crippen LogP contribution in [0, 0.1) is 5.82 Å². The van der Waals surface area contributed by atoms with Crippen LogP contribution in [-0.2, 0) is 15.9 Å². The second-order valence-electron chi connectivity index (χ2n) is 6.77. The second-order valence-corrected chi connectivity index (χ2v) is 7.18. The summed E-state index contributed by atoms with van der Waals surface area (Å²) in [5.74, 6) is 0.346.